The van der Waals surface area contributed by atoms with Crippen LogP contribution in [0, 0.1) is 0 Å². The number of nitrogens with zero attached hydrogens (tertiary/aromatic N) is 2. The van der Waals surface area contributed by atoms with Gasteiger partial charge in [0.05, 0.1) is 26.0 Å². The van der Waals surface area contributed by atoms with Gasteiger partial charge in [-0.3, -0.25) is 9.69 Å². The van der Waals surface area contributed by atoms with Crippen molar-refractivity contribution in [2.75, 3.05) is 26.8 Å². The molecule has 5 nitrogen and oxygen atoms in total. The molecule has 0 aliphatic heterocycles. The molecule has 1 rings (SSSR count). The van der Waals surface area contributed by atoms with E-state index in [1.165, 1.54) is 0 Å². The van der Waals surface area contributed by atoms with Crippen molar-refractivity contribution in [1.29, 1.82) is 0 Å². The van der Waals surface area contributed by atoms with Crippen molar-refractivity contribution in [3.05, 3.63) is 23.9 Å². The van der Waals surface area contributed by atoms with Gasteiger partial charge >= 0.3 is 5.97 Å². The van der Waals surface area contributed by atoms with Crippen LogP contribution in [-0.2, 0) is 16.1 Å². The molecule has 0 aliphatic rings. The first-order valence-corrected chi connectivity index (χ1v) is 6.57. The summed E-state index contributed by atoms with van der Waals surface area (Å²) in [6, 6.07) is 5.63. The second kappa shape index (κ2) is 8.48. The topological polar surface area (TPSA) is 51.7 Å². The molecule has 0 radical (unpaired) electrons. The molecule has 1 aromatic heterocycles. The van der Waals surface area contributed by atoms with E-state index in [9.17, 15) is 4.79 Å². The van der Waals surface area contributed by atoms with E-state index in [2.05, 4.69) is 11.9 Å². The Bertz CT molecular complexity index is 396. The standard InChI is InChI=1S/C14H22N2O3/c1-4-9-16(11-14(17)19-5-2)10-12-7-6-8-13(15-12)18-3/h6-8H,4-5,9-11H2,1-3H3. The summed E-state index contributed by atoms with van der Waals surface area (Å²) >= 11 is 0. The van der Waals surface area contributed by atoms with Crippen molar-refractivity contribution in [2.24, 2.45) is 0 Å². The Morgan fingerprint density at radius 2 is 2.16 bits per heavy atom. The number of aromatic nitrogens is 1. The summed E-state index contributed by atoms with van der Waals surface area (Å²) in [6.07, 6.45) is 0.976. The lowest BCUT2D eigenvalue weighted by atomic mass is 10.3. The molecule has 0 fully saturated rings. The van der Waals surface area contributed by atoms with Crippen molar-refractivity contribution in [2.45, 2.75) is 26.8 Å². The number of hydrogen-bond donors (Lipinski definition) is 0. The lowest BCUT2D eigenvalue weighted by molar-refractivity contribution is -0.144. The number of carbonyl (C=O) groups is 1. The average Bonchev–Trinajstić information content (AvgIpc) is 2.39. The van der Waals surface area contributed by atoms with Gasteiger partial charge in [0, 0.05) is 12.6 Å². The van der Waals surface area contributed by atoms with Gasteiger partial charge in [-0.2, -0.15) is 0 Å². The second-order valence-corrected chi connectivity index (χ2v) is 4.19. The summed E-state index contributed by atoms with van der Waals surface area (Å²) in [5.74, 6) is 0.393. The van der Waals surface area contributed by atoms with E-state index in [4.69, 9.17) is 9.47 Å². The van der Waals surface area contributed by atoms with Crippen LogP contribution < -0.4 is 4.74 Å². The molecule has 1 aromatic rings. The number of esters is 1. The van der Waals surface area contributed by atoms with Gasteiger partial charge in [0.25, 0.3) is 0 Å². The van der Waals surface area contributed by atoms with Crippen molar-refractivity contribution in [1.82, 2.24) is 9.88 Å². The van der Waals surface area contributed by atoms with Crippen molar-refractivity contribution in [3.63, 3.8) is 0 Å². The molecule has 0 bridgehead atoms. The molecule has 19 heavy (non-hydrogen) atoms. The van der Waals surface area contributed by atoms with Crippen molar-refractivity contribution >= 4 is 5.97 Å². The largest absolute Gasteiger partial charge is 0.481 e. The predicted molar refractivity (Wildman–Crippen MR) is 73.0 cm³/mol. The fraction of sp³-hybridized carbons (Fsp3) is 0.571. The monoisotopic (exact) mass is 266 g/mol. The highest BCUT2D eigenvalue weighted by atomic mass is 16.5. The summed E-state index contributed by atoms with van der Waals surface area (Å²) in [7, 11) is 1.59. The number of carbonyl (C=O) groups excluding carboxylic acids is 1. The van der Waals surface area contributed by atoms with E-state index >= 15 is 0 Å². The fourth-order valence-corrected chi connectivity index (χ4v) is 1.81. The molecule has 0 spiro atoms. The van der Waals surface area contributed by atoms with Crippen LogP contribution in [0.2, 0.25) is 0 Å². The number of pyridine rings is 1. The molecule has 106 valence electrons. The highest BCUT2D eigenvalue weighted by molar-refractivity contribution is 5.71. The highest BCUT2D eigenvalue weighted by Gasteiger charge is 2.12. The fourth-order valence-electron chi connectivity index (χ4n) is 1.81. The Morgan fingerprint density at radius 1 is 1.37 bits per heavy atom. The minimum atomic E-state index is -0.196. The van der Waals surface area contributed by atoms with Crippen LogP contribution >= 0.6 is 0 Å². The quantitative estimate of drug-likeness (QED) is 0.672. The maximum absolute atomic E-state index is 11.5. The Morgan fingerprint density at radius 3 is 2.79 bits per heavy atom. The average molecular weight is 266 g/mol. The molecule has 0 aliphatic carbocycles. The molecule has 0 saturated heterocycles. The van der Waals surface area contributed by atoms with Gasteiger partial charge < -0.3 is 9.47 Å². The summed E-state index contributed by atoms with van der Waals surface area (Å²) in [4.78, 5) is 17.9. The van der Waals surface area contributed by atoms with Gasteiger partial charge in [-0.15, -0.1) is 0 Å². The lowest BCUT2D eigenvalue weighted by Gasteiger charge is -2.20. The van der Waals surface area contributed by atoms with Crippen molar-refractivity contribution < 1.29 is 14.3 Å². The summed E-state index contributed by atoms with van der Waals surface area (Å²) < 4.78 is 10.1. The molecule has 1 heterocycles. The van der Waals surface area contributed by atoms with Crippen LogP contribution in [0.25, 0.3) is 0 Å². The van der Waals surface area contributed by atoms with Gasteiger partial charge in [0.15, 0.2) is 0 Å². The first-order chi connectivity index (χ1) is 9.19. The van der Waals surface area contributed by atoms with Crippen LogP contribution in [-0.4, -0.2) is 42.7 Å². The smallest absolute Gasteiger partial charge is 0.320 e. The Balaban J connectivity index is 2.63. The second-order valence-electron chi connectivity index (χ2n) is 4.19. The van der Waals surface area contributed by atoms with E-state index in [0.717, 1.165) is 18.7 Å². The van der Waals surface area contributed by atoms with E-state index in [1.54, 1.807) is 13.2 Å². The van der Waals surface area contributed by atoms with Crippen LogP contribution in [0.5, 0.6) is 5.88 Å². The van der Waals surface area contributed by atoms with Crippen LogP contribution in [0.15, 0.2) is 18.2 Å². The molecule has 0 saturated carbocycles. The normalized spacial score (nSPS) is 10.5. The molecule has 0 aromatic carbocycles. The molecule has 0 amide bonds. The maximum Gasteiger partial charge on any atom is 0.320 e. The third-order valence-electron chi connectivity index (χ3n) is 2.57. The Labute approximate surface area is 114 Å². The van der Waals surface area contributed by atoms with Crippen LogP contribution in [0.1, 0.15) is 26.0 Å². The first-order valence-electron chi connectivity index (χ1n) is 6.57. The van der Waals surface area contributed by atoms with Gasteiger partial charge in [0.2, 0.25) is 5.88 Å². The van der Waals surface area contributed by atoms with Gasteiger partial charge in [-0.05, 0) is 26.0 Å². The molecular weight excluding hydrogens is 244 g/mol. The zero-order valence-corrected chi connectivity index (χ0v) is 11.9. The summed E-state index contributed by atoms with van der Waals surface area (Å²) in [6.45, 7) is 6.04. The first kappa shape index (κ1) is 15.4. The van der Waals surface area contributed by atoms with E-state index in [0.29, 0.717) is 25.6 Å². The molecular formula is C14H22N2O3. The summed E-state index contributed by atoms with van der Waals surface area (Å²) in [5.41, 5.74) is 0.886. The van der Waals surface area contributed by atoms with Gasteiger partial charge in [-0.25, -0.2) is 4.98 Å². The zero-order chi connectivity index (χ0) is 14.1. The number of hydrogen-bond acceptors (Lipinski definition) is 5. The molecule has 0 unspecified atom stereocenters. The lowest BCUT2D eigenvalue weighted by Crippen LogP contribution is -2.31. The van der Waals surface area contributed by atoms with Crippen LogP contribution in [0.3, 0.4) is 0 Å². The van der Waals surface area contributed by atoms with E-state index in [1.807, 2.05) is 24.0 Å². The number of rotatable bonds is 8. The minimum Gasteiger partial charge on any atom is -0.481 e. The van der Waals surface area contributed by atoms with E-state index in [-0.39, 0.29) is 5.97 Å². The van der Waals surface area contributed by atoms with Crippen molar-refractivity contribution in [3.8, 4) is 5.88 Å². The summed E-state index contributed by atoms with van der Waals surface area (Å²) in [5, 5.41) is 0. The SMILES string of the molecule is CCCN(CC(=O)OCC)Cc1cccc(OC)n1. The molecule has 5 heteroatoms. The Kier molecular flexibility index (Phi) is 6.89. The Hall–Kier alpha value is -1.62. The highest BCUT2D eigenvalue weighted by Crippen LogP contribution is 2.09. The van der Waals surface area contributed by atoms with E-state index < -0.39 is 0 Å². The predicted octanol–water partition coefficient (Wildman–Crippen LogP) is 1.87. The minimum absolute atomic E-state index is 0.196. The third kappa shape index (κ3) is 5.70. The maximum atomic E-state index is 11.5. The molecule has 0 atom stereocenters. The zero-order valence-electron chi connectivity index (χ0n) is 11.9. The van der Waals surface area contributed by atoms with Gasteiger partial charge in [-0.1, -0.05) is 13.0 Å². The number of ether oxygens (including phenoxy) is 2. The van der Waals surface area contributed by atoms with Crippen LogP contribution in [0.4, 0.5) is 0 Å². The van der Waals surface area contributed by atoms with Gasteiger partial charge in [0.1, 0.15) is 0 Å². The number of methoxy groups -OCH3 is 1. The third-order valence-corrected chi connectivity index (χ3v) is 2.57. The molecule has 0 N–H and O–H groups in total.